The second kappa shape index (κ2) is 7.72. The van der Waals surface area contributed by atoms with Gasteiger partial charge in [-0.15, -0.1) is 21.5 Å². The van der Waals surface area contributed by atoms with Crippen molar-refractivity contribution in [1.82, 2.24) is 19.7 Å². The highest BCUT2D eigenvalue weighted by Gasteiger charge is 2.12. The van der Waals surface area contributed by atoms with E-state index in [2.05, 4.69) is 15.6 Å². The number of thioether (sulfide) groups is 1. The molecule has 0 aliphatic rings. The lowest BCUT2D eigenvalue weighted by atomic mass is 10.2. The van der Waals surface area contributed by atoms with Gasteiger partial charge in [-0.2, -0.15) is 0 Å². The Kier molecular flexibility index (Phi) is 4.99. The Hall–Kier alpha value is -2.64. The van der Waals surface area contributed by atoms with Crippen LogP contribution in [0.15, 0.2) is 71.5 Å². The Balaban J connectivity index is 1.51. The van der Waals surface area contributed by atoms with Crippen molar-refractivity contribution in [3.8, 4) is 22.0 Å². The largest absolute Gasteiger partial charge is 0.496 e. The van der Waals surface area contributed by atoms with Crippen LogP contribution in [0, 0.1) is 0 Å². The quantitative estimate of drug-likeness (QED) is 0.454. The average molecular weight is 380 g/mol. The molecule has 26 heavy (non-hydrogen) atoms. The van der Waals surface area contributed by atoms with Crippen molar-refractivity contribution in [3.63, 3.8) is 0 Å². The first-order valence-electron chi connectivity index (χ1n) is 8.01. The summed E-state index contributed by atoms with van der Waals surface area (Å²) in [6, 6.07) is 18.0. The van der Waals surface area contributed by atoms with Gasteiger partial charge in [0.25, 0.3) is 0 Å². The number of hydrogen-bond donors (Lipinski definition) is 0. The Morgan fingerprint density at radius 3 is 2.73 bits per heavy atom. The molecule has 4 rings (SSSR count). The molecule has 0 unspecified atom stereocenters. The summed E-state index contributed by atoms with van der Waals surface area (Å²) in [7, 11) is 1.68. The molecule has 2 aromatic heterocycles. The van der Waals surface area contributed by atoms with Crippen molar-refractivity contribution in [3.05, 3.63) is 72.0 Å². The minimum absolute atomic E-state index is 0.733. The highest BCUT2D eigenvalue weighted by Crippen LogP contribution is 2.33. The molecule has 0 N–H and O–H groups in total. The average Bonchev–Trinajstić information content (AvgIpc) is 3.36. The number of ether oxygens (including phenoxy) is 1. The molecular formula is C19H16N4OS2. The van der Waals surface area contributed by atoms with E-state index in [0.717, 1.165) is 38.6 Å². The summed E-state index contributed by atoms with van der Waals surface area (Å²) in [4.78, 5) is 4.75. The standard InChI is InChI=1S/C19H16N4OS2/c1-24-17-10-6-5-9-16(17)18-21-14(11-25-18)12-26-19-22-20-13-23(19)15-7-3-2-4-8-15/h2-11,13H,12H2,1H3. The van der Waals surface area contributed by atoms with Crippen LogP contribution in [0.4, 0.5) is 0 Å². The highest BCUT2D eigenvalue weighted by atomic mass is 32.2. The second-order valence-electron chi connectivity index (χ2n) is 5.45. The van der Waals surface area contributed by atoms with Gasteiger partial charge in [-0.3, -0.25) is 4.57 Å². The van der Waals surface area contributed by atoms with Crippen LogP contribution in [0.1, 0.15) is 5.69 Å². The molecule has 0 radical (unpaired) electrons. The normalized spacial score (nSPS) is 10.8. The maximum atomic E-state index is 5.43. The van der Waals surface area contributed by atoms with Gasteiger partial charge in [0.2, 0.25) is 0 Å². The topological polar surface area (TPSA) is 52.8 Å². The first-order chi connectivity index (χ1) is 12.8. The molecule has 0 bridgehead atoms. The fourth-order valence-corrected chi connectivity index (χ4v) is 4.32. The molecule has 7 heteroatoms. The Labute approximate surface area is 159 Å². The zero-order valence-corrected chi connectivity index (χ0v) is 15.7. The molecule has 2 heterocycles. The summed E-state index contributed by atoms with van der Waals surface area (Å²) in [5.41, 5.74) is 3.08. The molecule has 130 valence electrons. The van der Waals surface area contributed by atoms with E-state index in [1.165, 1.54) is 0 Å². The third-order valence-electron chi connectivity index (χ3n) is 3.79. The minimum atomic E-state index is 0.733. The molecule has 0 spiro atoms. The number of thiazole rings is 1. The minimum Gasteiger partial charge on any atom is -0.496 e. The lowest BCUT2D eigenvalue weighted by Crippen LogP contribution is -1.95. The number of aromatic nitrogens is 4. The summed E-state index contributed by atoms with van der Waals surface area (Å²) >= 11 is 3.25. The summed E-state index contributed by atoms with van der Waals surface area (Å²) in [5.74, 6) is 1.57. The Morgan fingerprint density at radius 2 is 1.88 bits per heavy atom. The van der Waals surface area contributed by atoms with E-state index in [-0.39, 0.29) is 0 Å². The Bertz CT molecular complexity index is 997. The first-order valence-corrected chi connectivity index (χ1v) is 9.87. The van der Waals surface area contributed by atoms with E-state index in [4.69, 9.17) is 9.72 Å². The lowest BCUT2D eigenvalue weighted by Gasteiger charge is -2.05. The van der Waals surface area contributed by atoms with E-state index in [1.807, 2.05) is 59.2 Å². The van der Waals surface area contributed by atoms with Crippen LogP contribution in [0.25, 0.3) is 16.3 Å². The maximum Gasteiger partial charge on any atom is 0.195 e. The van der Waals surface area contributed by atoms with Gasteiger partial charge in [-0.1, -0.05) is 42.1 Å². The number of para-hydroxylation sites is 2. The predicted molar refractivity (Wildman–Crippen MR) is 105 cm³/mol. The summed E-state index contributed by atoms with van der Waals surface area (Å²) in [6.45, 7) is 0. The van der Waals surface area contributed by atoms with E-state index in [1.54, 1.807) is 36.5 Å². The predicted octanol–water partition coefficient (Wildman–Crippen LogP) is 4.69. The van der Waals surface area contributed by atoms with Gasteiger partial charge >= 0.3 is 0 Å². The molecule has 2 aromatic carbocycles. The molecule has 0 atom stereocenters. The van der Waals surface area contributed by atoms with Crippen LogP contribution in [0.3, 0.4) is 0 Å². The van der Waals surface area contributed by atoms with Crippen molar-refractivity contribution < 1.29 is 4.74 Å². The SMILES string of the molecule is COc1ccccc1-c1nc(CSc2nncn2-c2ccccc2)cs1. The van der Waals surface area contributed by atoms with Crippen LogP contribution >= 0.6 is 23.1 Å². The third-order valence-corrected chi connectivity index (χ3v) is 5.69. The van der Waals surface area contributed by atoms with Crippen molar-refractivity contribution in [1.29, 1.82) is 0 Å². The van der Waals surface area contributed by atoms with Gasteiger partial charge < -0.3 is 4.74 Å². The fraction of sp³-hybridized carbons (Fsp3) is 0.105. The number of nitrogens with zero attached hydrogens (tertiary/aromatic N) is 4. The lowest BCUT2D eigenvalue weighted by molar-refractivity contribution is 0.416. The molecule has 0 amide bonds. The first kappa shape index (κ1) is 16.8. The van der Waals surface area contributed by atoms with Gasteiger partial charge in [0, 0.05) is 16.8 Å². The van der Waals surface area contributed by atoms with Crippen LogP contribution in [-0.2, 0) is 5.75 Å². The maximum absolute atomic E-state index is 5.43. The van der Waals surface area contributed by atoms with E-state index >= 15 is 0 Å². The van der Waals surface area contributed by atoms with E-state index in [9.17, 15) is 0 Å². The number of benzene rings is 2. The number of methoxy groups -OCH3 is 1. The van der Waals surface area contributed by atoms with E-state index < -0.39 is 0 Å². The molecular weight excluding hydrogens is 364 g/mol. The molecule has 0 aliphatic heterocycles. The van der Waals surface area contributed by atoms with Gasteiger partial charge in [0.1, 0.15) is 17.1 Å². The summed E-state index contributed by atoms with van der Waals surface area (Å²) in [5, 5.41) is 12.2. The zero-order valence-electron chi connectivity index (χ0n) is 14.1. The summed E-state index contributed by atoms with van der Waals surface area (Å²) < 4.78 is 7.42. The van der Waals surface area contributed by atoms with Crippen LogP contribution in [0.5, 0.6) is 5.75 Å². The van der Waals surface area contributed by atoms with Gasteiger partial charge in [-0.25, -0.2) is 4.98 Å². The Morgan fingerprint density at radius 1 is 1.08 bits per heavy atom. The van der Waals surface area contributed by atoms with Gasteiger partial charge in [0.05, 0.1) is 18.4 Å². The molecule has 0 aliphatic carbocycles. The molecule has 0 saturated carbocycles. The molecule has 5 nitrogen and oxygen atoms in total. The van der Waals surface area contributed by atoms with Crippen molar-refractivity contribution in [2.24, 2.45) is 0 Å². The zero-order chi connectivity index (χ0) is 17.8. The van der Waals surface area contributed by atoms with Crippen molar-refractivity contribution >= 4 is 23.1 Å². The van der Waals surface area contributed by atoms with Crippen LogP contribution in [0.2, 0.25) is 0 Å². The number of hydrogen-bond acceptors (Lipinski definition) is 6. The highest BCUT2D eigenvalue weighted by molar-refractivity contribution is 7.98. The van der Waals surface area contributed by atoms with Gasteiger partial charge in [-0.05, 0) is 24.3 Å². The number of rotatable bonds is 6. The molecule has 0 saturated heterocycles. The van der Waals surface area contributed by atoms with Crippen LogP contribution < -0.4 is 4.74 Å². The van der Waals surface area contributed by atoms with Crippen molar-refractivity contribution in [2.45, 2.75) is 10.9 Å². The monoisotopic (exact) mass is 380 g/mol. The molecule has 0 fully saturated rings. The third kappa shape index (κ3) is 3.49. The van der Waals surface area contributed by atoms with Crippen LogP contribution in [-0.4, -0.2) is 26.9 Å². The second-order valence-corrected chi connectivity index (χ2v) is 7.25. The van der Waals surface area contributed by atoms with Crippen molar-refractivity contribution in [2.75, 3.05) is 7.11 Å². The van der Waals surface area contributed by atoms with Gasteiger partial charge in [0.15, 0.2) is 5.16 Å². The fourth-order valence-electron chi connectivity index (χ4n) is 2.55. The smallest absolute Gasteiger partial charge is 0.195 e. The summed E-state index contributed by atoms with van der Waals surface area (Å²) in [6.07, 6.45) is 1.74. The molecule has 4 aromatic rings. The van der Waals surface area contributed by atoms with E-state index in [0.29, 0.717) is 0 Å².